The Bertz CT molecular complexity index is 2710. The van der Waals surface area contributed by atoms with E-state index in [0.717, 1.165) is 100 Å². The Morgan fingerprint density at radius 2 is 1.22 bits per heavy atom. The maximum absolute atomic E-state index is 12.5. The number of ether oxygens (including phenoxy) is 5. The molecule has 1 amide bonds. The number of carbonyl (C=O) groups is 3. The van der Waals surface area contributed by atoms with E-state index in [0.29, 0.717) is 19.8 Å². The maximum Gasteiger partial charge on any atom is 0.408 e. The molecule has 4 N–H and O–H groups in total. The summed E-state index contributed by atoms with van der Waals surface area (Å²) in [6.45, 7) is 20.9. The van der Waals surface area contributed by atoms with Crippen LogP contribution in [-0.2, 0) is 43.4 Å². The minimum absolute atomic E-state index is 0.00291. The van der Waals surface area contributed by atoms with Crippen LogP contribution in [0.2, 0.25) is 25.7 Å². The number of imidazole rings is 2. The van der Waals surface area contributed by atoms with Crippen molar-refractivity contribution in [2.45, 2.75) is 169 Å². The molecular weight excluding hydrogens is 997 g/mol. The van der Waals surface area contributed by atoms with Crippen LogP contribution in [0, 0.1) is 0 Å². The molecule has 0 radical (unpaired) electrons. The third-order valence-electron chi connectivity index (χ3n) is 13.0. The number of Topliss-reactive ketones (excluding diaryl/α,β-unsaturated/α-hetero) is 1. The van der Waals surface area contributed by atoms with Crippen molar-refractivity contribution in [1.82, 2.24) is 24.8 Å². The van der Waals surface area contributed by atoms with Crippen LogP contribution in [0.3, 0.4) is 0 Å². The summed E-state index contributed by atoms with van der Waals surface area (Å²) < 4.78 is 30.3. The number of methoxy groups -OCH3 is 1. The smallest absolute Gasteiger partial charge is 0.408 e. The molecule has 0 spiro atoms. The highest BCUT2D eigenvalue weighted by Gasteiger charge is 2.26. The second-order valence-corrected chi connectivity index (χ2v) is 27.8. The highest BCUT2D eigenvalue weighted by atomic mass is 28.3. The van der Waals surface area contributed by atoms with E-state index < -0.39 is 37.8 Å². The van der Waals surface area contributed by atoms with Crippen LogP contribution in [0.5, 0.6) is 11.5 Å². The largest absolute Gasteiger partial charge is 0.494 e. The van der Waals surface area contributed by atoms with Gasteiger partial charge < -0.3 is 44.3 Å². The lowest BCUT2D eigenvalue weighted by molar-refractivity contribution is -0.143. The maximum atomic E-state index is 12.5. The number of esters is 1. The quantitative estimate of drug-likeness (QED) is 0.0222. The van der Waals surface area contributed by atoms with Gasteiger partial charge in [-0.1, -0.05) is 133 Å². The molecule has 0 saturated carbocycles. The Labute approximate surface area is 465 Å². The molecule has 422 valence electrons. The van der Waals surface area contributed by atoms with Crippen molar-refractivity contribution in [2.75, 3.05) is 26.9 Å². The van der Waals surface area contributed by atoms with E-state index in [4.69, 9.17) is 34.4 Å². The van der Waals surface area contributed by atoms with Crippen molar-refractivity contribution in [3.8, 4) is 56.8 Å². The zero-order chi connectivity index (χ0) is 56.5. The van der Waals surface area contributed by atoms with E-state index in [1.807, 2.05) is 102 Å². The average Bonchev–Trinajstić information content (AvgIpc) is 4.10. The van der Waals surface area contributed by atoms with Gasteiger partial charge in [-0.2, -0.15) is 0 Å². The van der Waals surface area contributed by atoms with Crippen LogP contribution >= 0.6 is 0 Å². The second kappa shape index (κ2) is 31.7. The number of amides is 1. The Morgan fingerprint density at radius 1 is 0.692 bits per heavy atom. The number of aromatic amines is 1. The van der Waals surface area contributed by atoms with Gasteiger partial charge in [0.1, 0.15) is 47.3 Å². The number of unbranched alkanes of at least 4 members (excludes halogenated alkanes) is 8. The molecule has 14 nitrogen and oxygen atoms in total. The standard InChI is InChI=1S/C37H55N3O6Si.C26H33N3O2/c1-9-10-11-12-13-22-45-31-20-18-29(19-21-31)33-26-40(27-44-23-24-47(6,7)8)34(38-33)30-16-14-28(15-17-30)25-32(35(41)43-5)39-36(42)46-37(2,3)4;1-3-4-5-6-7-16-31-23-14-12-21(13-15-23)25-18-28-26(29-25)22-10-8-20(9-11-22)17-24(27)19(2)30/h14-21,26,32H,9-13,22-25,27H2,1-8H3,(H,39,42);8-15,18,24H,3-7,16-17,27H2,1-2H3,(H,28,29)/t32-;24-/m00/s1. The number of hydrogen-bond acceptors (Lipinski definition) is 11. The number of aromatic nitrogens is 4. The lowest BCUT2D eigenvalue weighted by Crippen LogP contribution is -2.45. The summed E-state index contributed by atoms with van der Waals surface area (Å²) in [5.41, 5.74) is 12.8. The summed E-state index contributed by atoms with van der Waals surface area (Å²) in [4.78, 5) is 49.1. The lowest BCUT2D eigenvalue weighted by atomic mass is 10.0. The summed E-state index contributed by atoms with van der Waals surface area (Å²) in [5.74, 6) is 2.81. The first-order chi connectivity index (χ1) is 37.3. The predicted molar refractivity (Wildman–Crippen MR) is 316 cm³/mol. The molecule has 4 aromatic carbocycles. The van der Waals surface area contributed by atoms with Gasteiger partial charge in [0.15, 0.2) is 0 Å². The molecule has 0 unspecified atom stereocenters. The summed E-state index contributed by atoms with van der Waals surface area (Å²) in [6.07, 6.45) is 16.2. The Balaban J connectivity index is 0.000000312. The van der Waals surface area contributed by atoms with Crippen LogP contribution in [-0.4, -0.2) is 90.1 Å². The predicted octanol–water partition coefficient (Wildman–Crippen LogP) is 14.0. The minimum Gasteiger partial charge on any atom is -0.494 e. The third-order valence-corrected chi connectivity index (χ3v) is 14.7. The van der Waals surface area contributed by atoms with Gasteiger partial charge in [-0.05, 0) is 118 Å². The molecule has 0 fully saturated rings. The number of ketones is 1. The number of hydrogen-bond donors (Lipinski definition) is 3. The number of nitrogens with zero attached hydrogens (tertiary/aromatic N) is 3. The van der Waals surface area contributed by atoms with Crippen LogP contribution in [0.1, 0.15) is 117 Å². The fraction of sp³-hybridized carbons (Fsp3) is 0.476. The van der Waals surface area contributed by atoms with Gasteiger partial charge in [-0.15, -0.1) is 0 Å². The van der Waals surface area contributed by atoms with Crippen molar-refractivity contribution >= 4 is 25.9 Å². The fourth-order valence-electron chi connectivity index (χ4n) is 8.29. The van der Waals surface area contributed by atoms with Gasteiger partial charge in [-0.25, -0.2) is 19.6 Å². The molecule has 0 aliphatic heterocycles. The summed E-state index contributed by atoms with van der Waals surface area (Å²) in [5, 5.41) is 2.64. The second-order valence-electron chi connectivity index (χ2n) is 22.2. The number of H-pyrrole nitrogens is 1. The van der Waals surface area contributed by atoms with Crippen molar-refractivity contribution in [2.24, 2.45) is 5.73 Å². The molecule has 15 heteroatoms. The van der Waals surface area contributed by atoms with Crippen molar-refractivity contribution in [1.29, 1.82) is 0 Å². The molecule has 6 aromatic rings. The van der Waals surface area contributed by atoms with Crippen LogP contribution in [0.15, 0.2) is 109 Å². The number of nitrogens with two attached hydrogens (primary N) is 1. The van der Waals surface area contributed by atoms with E-state index in [-0.39, 0.29) is 12.2 Å². The Hall–Kier alpha value is -6.55. The van der Waals surface area contributed by atoms with Crippen LogP contribution < -0.4 is 20.5 Å². The van der Waals surface area contributed by atoms with E-state index in [2.05, 4.69) is 60.9 Å². The Morgan fingerprint density at radius 3 is 1.74 bits per heavy atom. The topological polar surface area (TPSA) is 182 Å². The van der Waals surface area contributed by atoms with Crippen molar-refractivity contribution < 1.29 is 38.1 Å². The van der Waals surface area contributed by atoms with E-state index in [1.54, 1.807) is 20.8 Å². The molecule has 2 aromatic heterocycles. The number of benzene rings is 4. The van der Waals surface area contributed by atoms with Crippen LogP contribution in [0.25, 0.3) is 45.3 Å². The molecule has 0 aliphatic rings. The molecule has 2 heterocycles. The summed E-state index contributed by atoms with van der Waals surface area (Å²) in [7, 11) is 0.0737. The average molecular weight is 1090 g/mol. The number of nitrogens with one attached hydrogen (secondary N) is 2. The Kier molecular flexibility index (Phi) is 25.4. The highest BCUT2D eigenvalue weighted by molar-refractivity contribution is 6.76. The van der Waals surface area contributed by atoms with E-state index in [1.165, 1.54) is 65.4 Å². The number of rotatable bonds is 30. The van der Waals surface area contributed by atoms with Crippen LogP contribution in [0.4, 0.5) is 4.79 Å². The SMILES string of the molecule is CCCCCCCOc1ccc(-c2cn(COCC[Si](C)(C)C)c(-c3ccc(C[C@H](NC(=O)OC(C)(C)C)C(=O)OC)cc3)n2)cc1.CCCCCCCOc1ccc(-c2cnc(-c3ccc(C[C@H](N)C(C)=O)cc3)[nH]2)cc1. The van der Waals surface area contributed by atoms with E-state index >= 15 is 0 Å². The molecule has 78 heavy (non-hydrogen) atoms. The summed E-state index contributed by atoms with van der Waals surface area (Å²) >= 11 is 0. The first-order valence-corrected chi connectivity index (χ1v) is 31.7. The van der Waals surface area contributed by atoms with Gasteiger partial charge in [0.2, 0.25) is 0 Å². The van der Waals surface area contributed by atoms with Crippen molar-refractivity contribution in [3.63, 3.8) is 0 Å². The molecular formula is C63H88N6O8Si. The first kappa shape index (κ1) is 62.3. The molecule has 0 bridgehead atoms. The normalized spacial score (nSPS) is 12.2. The monoisotopic (exact) mass is 1080 g/mol. The van der Waals surface area contributed by atoms with Gasteiger partial charge in [0.25, 0.3) is 0 Å². The number of carbonyl (C=O) groups excluding carboxylic acids is 3. The first-order valence-electron chi connectivity index (χ1n) is 28.0. The van der Waals surface area contributed by atoms with Crippen molar-refractivity contribution in [3.05, 3.63) is 121 Å². The summed E-state index contributed by atoms with van der Waals surface area (Å²) in [6, 6.07) is 31.8. The lowest BCUT2D eigenvalue weighted by Gasteiger charge is -2.22. The number of alkyl carbamates (subject to hydrolysis) is 1. The van der Waals surface area contributed by atoms with Gasteiger partial charge in [0, 0.05) is 44.0 Å². The minimum atomic E-state index is -1.23. The van der Waals surface area contributed by atoms with E-state index in [9.17, 15) is 14.4 Å². The molecule has 0 aliphatic carbocycles. The fourth-order valence-corrected chi connectivity index (χ4v) is 9.05. The molecule has 2 atom stereocenters. The van der Waals surface area contributed by atoms with Gasteiger partial charge >= 0.3 is 12.1 Å². The molecule has 6 rings (SSSR count). The van der Waals surface area contributed by atoms with Gasteiger partial charge in [0.05, 0.1) is 44.0 Å². The van der Waals surface area contributed by atoms with Gasteiger partial charge in [-0.3, -0.25) is 4.79 Å². The zero-order valence-electron chi connectivity index (χ0n) is 48.3. The highest BCUT2D eigenvalue weighted by Crippen LogP contribution is 2.29. The molecule has 0 saturated heterocycles. The third kappa shape index (κ3) is 22.1. The zero-order valence-corrected chi connectivity index (χ0v) is 49.3.